The Morgan fingerprint density at radius 2 is 1.76 bits per heavy atom. The average molecular weight is 228 g/mol. The Kier molecular flexibility index (Phi) is 2.80. The fraction of sp³-hybridized carbons (Fsp3) is 0.308. The molecule has 1 aromatic heterocycles. The number of aromatic nitrogens is 2. The number of nitrogens with one attached hydrogen (secondary N) is 1. The maximum atomic E-state index is 4.42. The summed E-state index contributed by atoms with van der Waals surface area (Å²) in [6.45, 7) is 4.16. The predicted molar refractivity (Wildman–Crippen MR) is 68.6 cm³/mol. The molecule has 0 unspecified atom stereocenters. The van der Waals surface area contributed by atoms with Crippen molar-refractivity contribution in [3.63, 3.8) is 0 Å². The lowest BCUT2D eigenvalue weighted by Crippen LogP contribution is -2.44. The van der Waals surface area contributed by atoms with Gasteiger partial charge in [-0.2, -0.15) is 5.10 Å². The molecule has 1 aliphatic rings. The van der Waals surface area contributed by atoms with Crippen molar-refractivity contribution in [1.82, 2.24) is 15.1 Å². The van der Waals surface area contributed by atoms with E-state index in [0.29, 0.717) is 0 Å². The average Bonchev–Trinajstić information content (AvgIpc) is 2.90. The number of para-hydroxylation sites is 1. The van der Waals surface area contributed by atoms with Crippen LogP contribution in [0.25, 0.3) is 5.69 Å². The third-order valence-electron chi connectivity index (χ3n) is 3.06. The van der Waals surface area contributed by atoms with Gasteiger partial charge in [-0.05, 0) is 12.1 Å². The lowest BCUT2D eigenvalue weighted by Gasteiger charge is -2.29. The second-order valence-electron chi connectivity index (χ2n) is 4.17. The number of nitrogens with zero attached hydrogens (tertiary/aromatic N) is 3. The van der Waals surface area contributed by atoms with E-state index in [9.17, 15) is 0 Å². The summed E-state index contributed by atoms with van der Waals surface area (Å²) < 4.78 is 2.01. The summed E-state index contributed by atoms with van der Waals surface area (Å²) in [4.78, 5) is 2.37. The molecule has 2 heterocycles. The Morgan fingerprint density at radius 1 is 1.00 bits per heavy atom. The van der Waals surface area contributed by atoms with Crippen molar-refractivity contribution in [3.05, 3.63) is 42.6 Å². The van der Waals surface area contributed by atoms with Crippen LogP contribution in [0, 0.1) is 0 Å². The van der Waals surface area contributed by atoms with Gasteiger partial charge in [0.1, 0.15) is 5.82 Å². The molecule has 88 valence electrons. The molecule has 17 heavy (non-hydrogen) atoms. The number of hydrogen-bond donors (Lipinski definition) is 1. The molecule has 1 saturated heterocycles. The molecule has 0 aliphatic carbocycles. The second kappa shape index (κ2) is 4.59. The molecule has 3 rings (SSSR count). The molecule has 0 bridgehead atoms. The van der Waals surface area contributed by atoms with E-state index in [-0.39, 0.29) is 0 Å². The molecule has 1 fully saturated rings. The van der Waals surface area contributed by atoms with Crippen LogP contribution in [-0.4, -0.2) is 36.0 Å². The lowest BCUT2D eigenvalue weighted by molar-refractivity contribution is 0.579. The zero-order valence-electron chi connectivity index (χ0n) is 9.71. The van der Waals surface area contributed by atoms with Crippen molar-refractivity contribution in [1.29, 1.82) is 0 Å². The number of anilines is 1. The summed E-state index contributed by atoms with van der Waals surface area (Å²) >= 11 is 0. The summed E-state index contributed by atoms with van der Waals surface area (Å²) in [5, 5.41) is 7.78. The van der Waals surface area contributed by atoms with E-state index in [1.54, 1.807) is 0 Å². The molecule has 1 aliphatic heterocycles. The van der Waals surface area contributed by atoms with E-state index < -0.39 is 0 Å². The lowest BCUT2D eigenvalue weighted by atomic mass is 10.3. The van der Waals surface area contributed by atoms with Gasteiger partial charge in [-0.1, -0.05) is 18.2 Å². The van der Waals surface area contributed by atoms with Gasteiger partial charge in [0.05, 0.1) is 11.9 Å². The van der Waals surface area contributed by atoms with Gasteiger partial charge in [-0.3, -0.25) is 0 Å². The van der Waals surface area contributed by atoms with Gasteiger partial charge in [-0.25, -0.2) is 4.68 Å². The third kappa shape index (κ3) is 2.03. The molecule has 0 radical (unpaired) electrons. The van der Waals surface area contributed by atoms with E-state index in [4.69, 9.17) is 0 Å². The van der Waals surface area contributed by atoms with Gasteiger partial charge in [0, 0.05) is 32.2 Å². The van der Waals surface area contributed by atoms with Crippen LogP contribution < -0.4 is 10.2 Å². The Balaban J connectivity index is 1.93. The molecular formula is C13H16N4. The van der Waals surface area contributed by atoms with Crippen LogP contribution in [0.2, 0.25) is 0 Å². The van der Waals surface area contributed by atoms with E-state index in [1.807, 2.05) is 29.1 Å². The maximum Gasteiger partial charge on any atom is 0.132 e. The van der Waals surface area contributed by atoms with Crippen molar-refractivity contribution >= 4 is 5.82 Å². The predicted octanol–water partition coefficient (Wildman–Crippen LogP) is 1.28. The van der Waals surface area contributed by atoms with Crippen LogP contribution in [0.15, 0.2) is 42.6 Å². The molecule has 0 spiro atoms. The van der Waals surface area contributed by atoms with Crippen LogP contribution in [0.3, 0.4) is 0 Å². The quantitative estimate of drug-likeness (QED) is 0.840. The van der Waals surface area contributed by atoms with Gasteiger partial charge in [0.2, 0.25) is 0 Å². The highest BCUT2D eigenvalue weighted by molar-refractivity contribution is 5.47. The summed E-state index contributed by atoms with van der Waals surface area (Å²) in [6, 6.07) is 12.4. The van der Waals surface area contributed by atoms with Crippen LogP contribution in [0.1, 0.15) is 0 Å². The van der Waals surface area contributed by atoms with Gasteiger partial charge < -0.3 is 10.2 Å². The molecule has 0 saturated carbocycles. The monoisotopic (exact) mass is 228 g/mol. The minimum absolute atomic E-state index is 1.04. The van der Waals surface area contributed by atoms with E-state index >= 15 is 0 Å². The van der Waals surface area contributed by atoms with Crippen molar-refractivity contribution in [3.8, 4) is 5.69 Å². The number of piperazine rings is 1. The van der Waals surface area contributed by atoms with Crippen molar-refractivity contribution in [2.45, 2.75) is 0 Å². The molecule has 0 amide bonds. The summed E-state index contributed by atoms with van der Waals surface area (Å²) in [5.41, 5.74) is 1.12. The topological polar surface area (TPSA) is 33.1 Å². The minimum Gasteiger partial charge on any atom is -0.354 e. The van der Waals surface area contributed by atoms with Crippen LogP contribution in [0.4, 0.5) is 5.82 Å². The smallest absolute Gasteiger partial charge is 0.132 e. The zero-order valence-corrected chi connectivity index (χ0v) is 9.71. The highest BCUT2D eigenvalue weighted by Crippen LogP contribution is 2.18. The summed E-state index contributed by atoms with van der Waals surface area (Å²) in [7, 11) is 0. The molecule has 4 heteroatoms. The first kappa shape index (κ1) is 10.4. The second-order valence-corrected chi connectivity index (χ2v) is 4.17. The Morgan fingerprint density at radius 3 is 2.53 bits per heavy atom. The van der Waals surface area contributed by atoms with Crippen LogP contribution >= 0.6 is 0 Å². The Hall–Kier alpha value is -1.81. The number of rotatable bonds is 2. The first-order chi connectivity index (χ1) is 8.45. The van der Waals surface area contributed by atoms with Crippen LogP contribution in [-0.2, 0) is 0 Å². The van der Waals surface area contributed by atoms with Gasteiger partial charge in [-0.15, -0.1) is 0 Å². The first-order valence-electron chi connectivity index (χ1n) is 6.00. The summed E-state index contributed by atoms with van der Waals surface area (Å²) in [5.74, 6) is 1.18. The first-order valence-corrected chi connectivity index (χ1v) is 6.00. The minimum atomic E-state index is 1.04. The molecular weight excluding hydrogens is 212 g/mol. The largest absolute Gasteiger partial charge is 0.354 e. The van der Waals surface area contributed by atoms with E-state index in [0.717, 1.165) is 31.9 Å². The van der Waals surface area contributed by atoms with E-state index in [1.165, 1.54) is 5.82 Å². The zero-order chi connectivity index (χ0) is 11.5. The highest BCUT2D eigenvalue weighted by atomic mass is 15.4. The standard InChI is InChI=1S/C13H16N4/c1-2-4-12(5-3-1)17-13(6-7-15-17)16-10-8-14-9-11-16/h1-7,14H,8-11H2. The van der Waals surface area contributed by atoms with Crippen molar-refractivity contribution in [2.24, 2.45) is 0 Å². The van der Waals surface area contributed by atoms with Crippen molar-refractivity contribution in [2.75, 3.05) is 31.1 Å². The van der Waals surface area contributed by atoms with Crippen molar-refractivity contribution < 1.29 is 0 Å². The SMILES string of the molecule is c1ccc(-n2nccc2N2CCNCC2)cc1. The molecule has 4 nitrogen and oxygen atoms in total. The Bertz CT molecular complexity index is 471. The highest BCUT2D eigenvalue weighted by Gasteiger charge is 2.15. The van der Waals surface area contributed by atoms with E-state index in [2.05, 4.69) is 33.5 Å². The molecule has 1 N–H and O–H groups in total. The summed E-state index contributed by atoms with van der Waals surface area (Å²) in [6.07, 6.45) is 1.87. The third-order valence-corrected chi connectivity index (χ3v) is 3.06. The van der Waals surface area contributed by atoms with Gasteiger partial charge in [0.15, 0.2) is 0 Å². The van der Waals surface area contributed by atoms with Gasteiger partial charge >= 0.3 is 0 Å². The number of hydrogen-bond acceptors (Lipinski definition) is 3. The maximum absolute atomic E-state index is 4.42. The fourth-order valence-corrected chi connectivity index (χ4v) is 2.20. The Labute approximate surface area is 101 Å². The normalized spacial score (nSPS) is 16.1. The number of benzene rings is 1. The molecule has 2 aromatic rings. The molecule has 0 atom stereocenters. The molecule has 1 aromatic carbocycles. The fourth-order valence-electron chi connectivity index (χ4n) is 2.20. The van der Waals surface area contributed by atoms with Crippen LogP contribution in [0.5, 0.6) is 0 Å². The van der Waals surface area contributed by atoms with Gasteiger partial charge in [0.25, 0.3) is 0 Å².